The first-order valence-electron chi connectivity index (χ1n) is 12.0. The summed E-state index contributed by atoms with van der Waals surface area (Å²) in [5.41, 5.74) is 0.828. The van der Waals surface area contributed by atoms with Crippen molar-refractivity contribution in [1.29, 1.82) is 0 Å². The summed E-state index contributed by atoms with van der Waals surface area (Å²) in [5.74, 6) is 0.242. The number of urea groups is 1. The molecule has 1 aromatic carbocycles. The van der Waals surface area contributed by atoms with Gasteiger partial charge in [-0.25, -0.2) is 4.79 Å². The lowest BCUT2D eigenvalue weighted by Gasteiger charge is -2.39. The topological polar surface area (TPSA) is 56.3 Å². The minimum Gasteiger partial charge on any atom is -0.381 e. The molecule has 3 amide bonds. The zero-order valence-electron chi connectivity index (χ0n) is 19.8. The van der Waals surface area contributed by atoms with Crippen LogP contribution in [-0.4, -0.2) is 104 Å². The average Bonchev–Trinajstić information content (AvgIpc) is 3.50. The SMILES string of the molecule is CN(C)C(=O)N1CCC(N(CCN(C)C(=O)C2(c3ccccc3)CC2)C2CCOCC2)C1. The first-order valence-corrected chi connectivity index (χ1v) is 12.0. The normalized spacial score (nSPS) is 22.8. The Balaban J connectivity index is 1.40. The minimum absolute atomic E-state index is 0.0882. The summed E-state index contributed by atoms with van der Waals surface area (Å²) in [7, 11) is 5.57. The number of carbonyl (C=O) groups is 2. The van der Waals surface area contributed by atoms with Crippen molar-refractivity contribution >= 4 is 11.9 Å². The van der Waals surface area contributed by atoms with E-state index in [9.17, 15) is 9.59 Å². The molecule has 3 fully saturated rings. The number of hydrogen-bond acceptors (Lipinski definition) is 4. The molecule has 0 bridgehead atoms. The number of nitrogens with zero attached hydrogens (tertiary/aromatic N) is 4. The molecular weight excluding hydrogens is 404 g/mol. The average molecular weight is 443 g/mol. The van der Waals surface area contributed by atoms with Gasteiger partial charge in [0.15, 0.2) is 0 Å². The van der Waals surface area contributed by atoms with Crippen LogP contribution in [-0.2, 0) is 14.9 Å². The second-order valence-electron chi connectivity index (χ2n) is 9.82. The van der Waals surface area contributed by atoms with Crippen molar-refractivity contribution < 1.29 is 14.3 Å². The zero-order valence-corrected chi connectivity index (χ0v) is 19.8. The Morgan fingerprint density at radius 2 is 1.69 bits per heavy atom. The Hall–Kier alpha value is -2.12. The number of benzene rings is 1. The Bertz CT molecular complexity index is 790. The number of carbonyl (C=O) groups excluding carboxylic acids is 2. The highest BCUT2D eigenvalue weighted by atomic mass is 16.5. The molecule has 7 heteroatoms. The first-order chi connectivity index (χ1) is 15.4. The standard InChI is InChI=1S/C25H38N4O3/c1-26(2)24(31)28-14-9-22(19-28)29(21-10-17-32-18-11-21)16-15-27(3)23(30)25(12-13-25)20-7-5-4-6-8-20/h4-8,21-22H,9-19H2,1-3H3. The largest absolute Gasteiger partial charge is 0.381 e. The maximum absolute atomic E-state index is 13.4. The molecule has 1 atom stereocenters. The summed E-state index contributed by atoms with van der Waals surface area (Å²) in [5, 5.41) is 0. The summed E-state index contributed by atoms with van der Waals surface area (Å²) in [6, 6.07) is 11.1. The smallest absolute Gasteiger partial charge is 0.319 e. The van der Waals surface area contributed by atoms with E-state index in [-0.39, 0.29) is 17.4 Å². The number of likely N-dealkylation sites (tertiary alicyclic amines) is 1. The molecule has 0 spiro atoms. The van der Waals surface area contributed by atoms with Gasteiger partial charge in [0.1, 0.15) is 0 Å². The van der Waals surface area contributed by atoms with Crippen molar-refractivity contribution in [3.05, 3.63) is 35.9 Å². The maximum atomic E-state index is 13.4. The molecule has 32 heavy (non-hydrogen) atoms. The van der Waals surface area contributed by atoms with Crippen LogP contribution in [0.5, 0.6) is 0 Å². The maximum Gasteiger partial charge on any atom is 0.319 e. The molecule has 1 unspecified atom stereocenters. The van der Waals surface area contributed by atoms with Gasteiger partial charge in [0.25, 0.3) is 0 Å². The number of hydrogen-bond donors (Lipinski definition) is 0. The number of likely N-dealkylation sites (N-methyl/N-ethyl adjacent to an activating group) is 1. The molecular formula is C25H38N4O3. The number of amides is 3. The molecule has 7 nitrogen and oxygen atoms in total. The van der Waals surface area contributed by atoms with Crippen LogP contribution >= 0.6 is 0 Å². The highest BCUT2D eigenvalue weighted by molar-refractivity contribution is 5.91. The third-order valence-electron chi connectivity index (χ3n) is 7.47. The predicted octanol–water partition coefficient (Wildman–Crippen LogP) is 2.41. The van der Waals surface area contributed by atoms with Crippen LogP contribution in [0.4, 0.5) is 4.79 Å². The molecule has 1 saturated carbocycles. The molecule has 0 aromatic heterocycles. The summed E-state index contributed by atoms with van der Waals surface area (Å²) in [4.78, 5) is 34.0. The van der Waals surface area contributed by atoms with E-state index in [4.69, 9.17) is 4.74 Å². The van der Waals surface area contributed by atoms with E-state index in [1.165, 1.54) is 0 Å². The van der Waals surface area contributed by atoms with E-state index in [1.807, 2.05) is 49.1 Å². The fourth-order valence-electron chi connectivity index (χ4n) is 5.39. The molecule has 2 heterocycles. The summed E-state index contributed by atoms with van der Waals surface area (Å²) in [6.45, 7) is 4.70. The van der Waals surface area contributed by atoms with E-state index >= 15 is 0 Å². The summed E-state index contributed by atoms with van der Waals surface area (Å²) in [6.07, 6.45) is 4.90. The monoisotopic (exact) mass is 442 g/mol. The van der Waals surface area contributed by atoms with Crippen LogP contribution < -0.4 is 0 Å². The third-order valence-corrected chi connectivity index (χ3v) is 7.47. The van der Waals surface area contributed by atoms with Crippen molar-refractivity contribution in [3.8, 4) is 0 Å². The Morgan fingerprint density at radius 1 is 1.00 bits per heavy atom. The zero-order chi connectivity index (χ0) is 22.7. The quantitative estimate of drug-likeness (QED) is 0.651. The molecule has 176 valence electrons. The van der Waals surface area contributed by atoms with Crippen LogP contribution in [0.2, 0.25) is 0 Å². The van der Waals surface area contributed by atoms with E-state index in [0.29, 0.717) is 18.6 Å². The second-order valence-corrected chi connectivity index (χ2v) is 9.82. The molecule has 2 saturated heterocycles. The van der Waals surface area contributed by atoms with E-state index < -0.39 is 0 Å². The van der Waals surface area contributed by atoms with Gasteiger partial charge in [0.2, 0.25) is 5.91 Å². The lowest BCUT2D eigenvalue weighted by Crippen LogP contribution is -2.51. The van der Waals surface area contributed by atoms with Crippen molar-refractivity contribution in [2.45, 2.75) is 49.6 Å². The first kappa shape index (κ1) is 23.1. The predicted molar refractivity (Wildman–Crippen MR) is 125 cm³/mol. The second kappa shape index (κ2) is 9.79. The minimum atomic E-state index is -0.318. The van der Waals surface area contributed by atoms with E-state index in [0.717, 1.165) is 70.5 Å². The van der Waals surface area contributed by atoms with Crippen LogP contribution in [0.1, 0.15) is 37.7 Å². The van der Waals surface area contributed by atoms with Gasteiger partial charge in [-0.3, -0.25) is 9.69 Å². The van der Waals surface area contributed by atoms with Crippen molar-refractivity contribution in [1.82, 2.24) is 19.6 Å². The Kier molecular flexibility index (Phi) is 7.05. The molecule has 2 aliphatic heterocycles. The fraction of sp³-hybridized carbons (Fsp3) is 0.680. The molecule has 0 N–H and O–H groups in total. The highest BCUT2D eigenvalue weighted by Gasteiger charge is 2.52. The van der Waals surface area contributed by atoms with Gasteiger partial charge >= 0.3 is 6.03 Å². The third kappa shape index (κ3) is 4.79. The van der Waals surface area contributed by atoms with E-state index in [2.05, 4.69) is 17.0 Å². The van der Waals surface area contributed by atoms with Crippen LogP contribution in [0.15, 0.2) is 30.3 Å². The fourth-order valence-corrected chi connectivity index (χ4v) is 5.39. The molecule has 1 aromatic rings. The lowest BCUT2D eigenvalue weighted by molar-refractivity contribution is -0.133. The van der Waals surface area contributed by atoms with Gasteiger partial charge in [0.05, 0.1) is 5.41 Å². The van der Waals surface area contributed by atoms with Gasteiger partial charge in [-0.15, -0.1) is 0 Å². The van der Waals surface area contributed by atoms with Gasteiger partial charge in [-0.1, -0.05) is 30.3 Å². The van der Waals surface area contributed by atoms with Gasteiger partial charge in [0, 0.05) is 72.6 Å². The van der Waals surface area contributed by atoms with Crippen LogP contribution in [0.3, 0.4) is 0 Å². The molecule has 1 aliphatic carbocycles. The molecule has 4 rings (SSSR count). The van der Waals surface area contributed by atoms with Gasteiger partial charge in [-0.2, -0.15) is 0 Å². The highest BCUT2D eigenvalue weighted by Crippen LogP contribution is 2.49. The van der Waals surface area contributed by atoms with Crippen LogP contribution in [0.25, 0.3) is 0 Å². The van der Waals surface area contributed by atoms with Crippen LogP contribution in [0, 0.1) is 0 Å². The number of rotatable bonds is 7. The molecule has 3 aliphatic rings. The van der Waals surface area contributed by atoms with Gasteiger partial charge < -0.3 is 19.4 Å². The number of ether oxygens (including phenoxy) is 1. The van der Waals surface area contributed by atoms with E-state index in [1.54, 1.807) is 4.90 Å². The van der Waals surface area contributed by atoms with Gasteiger partial charge in [-0.05, 0) is 37.7 Å². The Morgan fingerprint density at radius 3 is 2.31 bits per heavy atom. The molecule has 0 radical (unpaired) electrons. The van der Waals surface area contributed by atoms with Crippen molar-refractivity contribution in [2.75, 3.05) is 60.5 Å². The summed E-state index contributed by atoms with van der Waals surface area (Å²) < 4.78 is 5.61. The Labute approximate surface area is 192 Å². The van der Waals surface area contributed by atoms with Crippen molar-refractivity contribution in [2.24, 2.45) is 0 Å². The lowest BCUT2D eigenvalue weighted by atomic mass is 9.94. The van der Waals surface area contributed by atoms with Crippen molar-refractivity contribution in [3.63, 3.8) is 0 Å². The summed E-state index contributed by atoms with van der Waals surface area (Å²) >= 11 is 0.